The van der Waals surface area contributed by atoms with E-state index in [9.17, 15) is 0 Å². The van der Waals surface area contributed by atoms with E-state index in [-0.39, 0.29) is 12.6 Å². The first kappa shape index (κ1) is 16.7. The number of aliphatic hydroxyl groups is 1. The summed E-state index contributed by atoms with van der Waals surface area (Å²) in [6, 6.07) is 0.283. The van der Waals surface area contributed by atoms with Gasteiger partial charge < -0.3 is 15.7 Å². The van der Waals surface area contributed by atoms with Crippen LogP contribution < -0.4 is 10.6 Å². The van der Waals surface area contributed by atoms with Crippen LogP contribution in [0.4, 0.5) is 11.6 Å². The highest BCUT2D eigenvalue weighted by molar-refractivity contribution is 5.57. The van der Waals surface area contributed by atoms with E-state index >= 15 is 0 Å². The second kappa shape index (κ2) is 8.04. The van der Waals surface area contributed by atoms with Crippen molar-refractivity contribution in [1.82, 2.24) is 9.97 Å². The molecule has 0 saturated heterocycles. The number of nitrogens with zero attached hydrogens (tertiary/aromatic N) is 2. The van der Waals surface area contributed by atoms with Crippen molar-refractivity contribution in [2.75, 3.05) is 23.8 Å². The lowest BCUT2D eigenvalue weighted by Crippen LogP contribution is -2.19. The fourth-order valence-electron chi connectivity index (χ4n) is 1.98. The van der Waals surface area contributed by atoms with Crippen molar-refractivity contribution in [2.24, 2.45) is 0 Å². The van der Waals surface area contributed by atoms with Crippen LogP contribution in [0.25, 0.3) is 0 Å². The molecule has 0 aliphatic rings. The summed E-state index contributed by atoms with van der Waals surface area (Å²) in [4.78, 5) is 9.23. The van der Waals surface area contributed by atoms with E-state index in [0.717, 1.165) is 42.4 Å². The highest BCUT2D eigenvalue weighted by Crippen LogP contribution is 2.24. The number of hydrogen-bond donors (Lipinski definition) is 3. The summed E-state index contributed by atoms with van der Waals surface area (Å²) in [6.07, 6.45) is 1.73. The molecule has 20 heavy (non-hydrogen) atoms. The van der Waals surface area contributed by atoms with E-state index in [4.69, 9.17) is 5.11 Å². The second-order valence-corrected chi connectivity index (χ2v) is 5.50. The summed E-state index contributed by atoms with van der Waals surface area (Å²) in [5.74, 6) is 2.94. The molecule has 1 heterocycles. The summed E-state index contributed by atoms with van der Waals surface area (Å²) >= 11 is 0. The van der Waals surface area contributed by atoms with Crippen LogP contribution in [0.2, 0.25) is 0 Å². The van der Waals surface area contributed by atoms with Gasteiger partial charge in [0.05, 0.1) is 0 Å². The van der Waals surface area contributed by atoms with Gasteiger partial charge in [-0.2, -0.15) is 0 Å². The fraction of sp³-hybridized carbons (Fsp3) is 0.733. The molecular formula is C15H28N4O. The Morgan fingerprint density at radius 2 is 1.80 bits per heavy atom. The highest BCUT2D eigenvalue weighted by Gasteiger charge is 2.14. The molecule has 0 aromatic carbocycles. The Bertz CT molecular complexity index is 421. The number of aromatic nitrogens is 2. The van der Waals surface area contributed by atoms with E-state index in [0.29, 0.717) is 5.92 Å². The van der Waals surface area contributed by atoms with Crippen molar-refractivity contribution < 1.29 is 5.11 Å². The molecule has 5 heteroatoms. The molecule has 0 spiro atoms. The van der Waals surface area contributed by atoms with E-state index in [2.05, 4.69) is 48.3 Å². The largest absolute Gasteiger partial charge is 0.396 e. The van der Waals surface area contributed by atoms with E-state index in [1.54, 1.807) is 0 Å². The van der Waals surface area contributed by atoms with Crippen molar-refractivity contribution in [1.29, 1.82) is 0 Å². The summed E-state index contributed by atoms with van der Waals surface area (Å²) in [7, 11) is 0. The zero-order chi connectivity index (χ0) is 15.1. The van der Waals surface area contributed by atoms with Gasteiger partial charge >= 0.3 is 0 Å². The molecule has 0 radical (unpaired) electrons. The maximum Gasteiger partial charge on any atom is 0.135 e. The molecule has 0 aliphatic heterocycles. The third-order valence-electron chi connectivity index (χ3n) is 3.20. The van der Waals surface area contributed by atoms with Gasteiger partial charge in [0.25, 0.3) is 0 Å². The molecule has 1 aromatic heterocycles. The Kier molecular flexibility index (Phi) is 6.71. The highest BCUT2D eigenvalue weighted by atomic mass is 16.2. The van der Waals surface area contributed by atoms with Gasteiger partial charge in [-0.15, -0.1) is 0 Å². The minimum Gasteiger partial charge on any atom is -0.396 e. The molecule has 3 N–H and O–H groups in total. The standard InChI is InChI=1S/C15H28N4O/c1-6-16-14-12(5)15(17-11(4)8-7-9-20)19-13(18-14)10(2)3/h10-11,20H,6-9H2,1-5H3,(H2,16,17,18,19). The Balaban J connectivity index is 2.97. The van der Waals surface area contributed by atoms with Gasteiger partial charge in [-0.3, -0.25) is 0 Å². The molecule has 114 valence electrons. The number of anilines is 2. The van der Waals surface area contributed by atoms with Crippen molar-refractivity contribution in [3.8, 4) is 0 Å². The molecule has 0 saturated carbocycles. The summed E-state index contributed by atoms with van der Waals surface area (Å²) in [5, 5.41) is 15.6. The lowest BCUT2D eigenvalue weighted by molar-refractivity contribution is 0.282. The number of nitrogens with one attached hydrogen (secondary N) is 2. The molecule has 1 rings (SSSR count). The predicted molar refractivity (Wildman–Crippen MR) is 84.4 cm³/mol. The SMILES string of the molecule is CCNc1nc(C(C)C)nc(NC(C)CCCO)c1C. The molecule has 5 nitrogen and oxygen atoms in total. The normalized spacial score (nSPS) is 12.6. The maximum atomic E-state index is 8.90. The lowest BCUT2D eigenvalue weighted by atomic mass is 10.1. The van der Waals surface area contributed by atoms with Crippen LogP contribution in [-0.4, -0.2) is 34.3 Å². The Labute approximate surface area is 122 Å². The first-order valence-corrected chi connectivity index (χ1v) is 7.49. The minimum absolute atomic E-state index is 0.231. The average Bonchev–Trinajstić information content (AvgIpc) is 2.40. The molecule has 0 bridgehead atoms. The molecule has 0 fully saturated rings. The van der Waals surface area contributed by atoms with Crippen LogP contribution in [0.15, 0.2) is 0 Å². The smallest absolute Gasteiger partial charge is 0.135 e. The first-order valence-electron chi connectivity index (χ1n) is 7.49. The third kappa shape index (κ3) is 4.63. The molecule has 1 aromatic rings. The summed E-state index contributed by atoms with van der Waals surface area (Å²) in [5.41, 5.74) is 1.05. The third-order valence-corrected chi connectivity index (χ3v) is 3.20. The van der Waals surface area contributed by atoms with Gasteiger partial charge in [0.2, 0.25) is 0 Å². The Morgan fingerprint density at radius 3 is 2.35 bits per heavy atom. The van der Waals surface area contributed by atoms with E-state index < -0.39 is 0 Å². The van der Waals surface area contributed by atoms with Gasteiger partial charge in [-0.05, 0) is 33.6 Å². The number of aliphatic hydroxyl groups excluding tert-OH is 1. The van der Waals surface area contributed by atoms with Crippen LogP contribution in [-0.2, 0) is 0 Å². The number of rotatable bonds is 8. The van der Waals surface area contributed by atoms with Gasteiger partial charge in [-0.25, -0.2) is 9.97 Å². The first-order chi connectivity index (χ1) is 9.49. The average molecular weight is 280 g/mol. The molecular weight excluding hydrogens is 252 g/mol. The van der Waals surface area contributed by atoms with E-state index in [1.807, 2.05) is 6.92 Å². The molecule has 0 amide bonds. The van der Waals surface area contributed by atoms with Gasteiger partial charge in [-0.1, -0.05) is 13.8 Å². The second-order valence-electron chi connectivity index (χ2n) is 5.50. The minimum atomic E-state index is 0.231. The Morgan fingerprint density at radius 1 is 1.15 bits per heavy atom. The van der Waals surface area contributed by atoms with Crippen LogP contribution >= 0.6 is 0 Å². The van der Waals surface area contributed by atoms with Crippen molar-refractivity contribution >= 4 is 11.6 Å². The zero-order valence-electron chi connectivity index (χ0n) is 13.3. The van der Waals surface area contributed by atoms with Crippen LogP contribution in [0.3, 0.4) is 0 Å². The molecule has 0 aliphatic carbocycles. The lowest BCUT2D eigenvalue weighted by Gasteiger charge is -2.19. The van der Waals surface area contributed by atoms with Crippen molar-refractivity contribution in [3.63, 3.8) is 0 Å². The van der Waals surface area contributed by atoms with E-state index in [1.165, 1.54) is 0 Å². The summed E-state index contributed by atoms with van der Waals surface area (Å²) < 4.78 is 0. The zero-order valence-corrected chi connectivity index (χ0v) is 13.3. The monoisotopic (exact) mass is 280 g/mol. The quantitative estimate of drug-likeness (QED) is 0.683. The van der Waals surface area contributed by atoms with Crippen LogP contribution in [0.1, 0.15) is 57.8 Å². The predicted octanol–water partition coefficient (Wildman–Crippen LogP) is 2.91. The maximum absolute atomic E-state index is 8.90. The topological polar surface area (TPSA) is 70.1 Å². The van der Waals surface area contributed by atoms with Crippen molar-refractivity contribution in [3.05, 3.63) is 11.4 Å². The number of hydrogen-bond acceptors (Lipinski definition) is 5. The van der Waals surface area contributed by atoms with Gasteiger partial charge in [0.15, 0.2) is 0 Å². The Hall–Kier alpha value is -1.36. The van der Waals surface area contributed by atoms with Gasteiger partial charge in [0.1, 0.15) is 17.5 Å². The van der Waals surface area contributed by atoms with Crippen molar-refractivity contribution in [2.45, 2.75) is 59.4 Å². The molecule has 1 unspecified atom stereocenters. The molecule has 1 atom stereocenters. The summed E-state index contributed by atoms with van der Waals surface area (Å²) in [6.45, 7) is 11.5. The fourth-order valence-corrected chi connectivity index (χ4v) is 1.98. The van der Waals surface area contributed by atoms with Crippen LogP contribution in [0, 0.1) is 6.92 Å². The van der Waals surface area contributed by atoms with Crippen LogP contribution in [0.5, 0.6) is 0 Å². The van der Waals surface area contributed by atoms with Gasteiger partial charge in [0, 0.05) is 30.7 Å².